The van der Waals surface area contributed by atoms with Gasteiger partial charge in [-0.3, -0.25) is 4.90 Å². The lowest BCUT2D eigenvalue weighted by Crippen LogP contribution is -2.25. The van der Waals surface area contributed by atoms with E-state index >= 15 is 0 Å². The summed E-state index contributed by atoms with van der Waals surface area (Å²) in [6, 6.07) is 13.4. The molecule has 1 heterocycles. The summed E-state index contributed by atoms with van der Waals surface area (Å²) in [5.41, 5.74) is 7.98. The maximum atomic E-state index is 12.5. The quantitative estimate of drug-likeness (QED) is 0.298. The van der Waals surface area contributed by atoms with Crippen LogP contribution in [0, 0.1) is 0 Å². The van der Waals surface area contributed by atoms with Crippen molar-refractivity contribution in [3.05, 3.63) is 59.7 Å². The standard InChI is InChI=1S/C20H23F3N4O2.HI/c21-20(22,23)29-18-8-4-3-7-17(18)26-19(24)25-11-14-5-1-2-6-15(14)12-27-10-9-16(28)13-27;/h1-8,16,28H,9-13H2,(H3,24,25,26);1H. The maximum Gasteiger partial charge on any atom is 0.573 e. The normalized spacial score (nSPS) is 17.5. The summed E-state index contributed by atoms with van der Waals surface area (Å²) < 4.78 is 41.6. The molecule has 1 fully saturated rings. The molecule has 6 nitrogen and oxygen atoms in total. The molecule has 1 aliphatic heterocycles. The molecule has 0 radical (unpaired) electrons. The summed E-state index contributed by atoms with van der Waals surface area (Å²) in [6.07, 6.45) is -4.33. The summed E-state index contributed by atoms with van der Waals surface area (Å²) >= 11 is 0. The van der Waals surface area contributed by atoms with Gasteiger partial charge in [-0.2, -0.15) is 0 Å². The number of nitrogens with one attached hydrogen (secondary N) is 1. The van der Waals surface area contributed by atoms with Crippen LogP contribution in [0.4, 0.5) is 18.9 Å². The molecule has 1 unspecified atom stereocenters. The van der Waals surface area contributed by atoms with Crippen molar-refractivity contribution in [3.8, 4) is 5.75 Å². The number of rotatable bonds is 6. The Hall–Kier alpha value is -2.05. The summed E-state index contributed by atoms with van der Waals surface area (Å²) in [7, 11) is 0. The largest absolute Gasteiger partial charge is 0.573 e. The molecule has 10 heteroatoms. The first-order valence-electron chi connectivity index (χ1n) is 9.19. The first kappa shape index (κ1) is 24.2. The number of benzene rings is 2. The van der Waals surface area contributed by atoms with E-state index in [9.17, 15) is 18.3 Å². The number of aliphatic hydroxyl groups excluding tert-OH is 1. The highest BCUT2D eigenvalue weighted by molar-refractivity contribution is 14.0. The zero-order chi connectivity index (χ0) is 20.9. The third-order valence-corrected chi connectivity index (χ3v) is 4.56. The molecule has 0 aromatic heterocycles. The monoisotopic (exact) mass is 536 g/mol. The van der Waals surface area contributed by atoms with Crippen molar-refractivity contribution in [1.82, 2.24) is 4.90 Å². The van der Waals surface area contributed by atoms with Crippen molar-refractivity contribution in [2.75, 3.05) is 18.4 Å². The molecule has 2 aromatic rings. The van der Waals surface area contributed by atoms with E-state index in [4.69, 9.17) is 5.73 Å². The predicted molar refractivity (Wildman–Crippen MR) is 120 cm³/mol. The molecule has 30 heavy (non-hydrogen) atoms. The van der Waals surface area contributed by atoms with Crippen LogP contribution in [0.15, 0.2) is 53.5 Å². The second-order valence-corrected chi connectivity index (χ2v) is 6.82. The van der Waals surface area contributed by atoms with Crippen LogP contribution < -0.4 is 15.8 Å². The van der Waals surface area contributed by atoms with Gasteiger partial charge in [-0.25, -0.2) is 4.99 Å². The molecule has 1 saturated heterocycles. The third-order valence-electron chi connectivity index (χ3n) is 4.56. The number of halogens is 4. The van der Waals surface area contributed by atoms with Crippen LogP contribution in [0.5, 0.6) is 5.75 Å². The van der Waals surface area contributed by atoms with Crippen molar-refractivity contribution >= 4 is 35.6 Å². The number of aliphatic hydroxyl groups is 1. The van der Waals surface area contributed by atoms with Gasteiger partial charge in [0, 0.05) is 19.6 Å². The number of aliphatic imine (C=N–C) groups is 1. The van der Waals surface area contributed by atoms with Crippen molar-refractivity contribution in [3.63, 3.8) is 0 Å². The SMILES string of the molecule is I.NC(=NCc1ccccc1CN1CCC(O)C1)Nc1ccccc1OC(F)(F)F. The zero-order valence-corrected chi connectivity index (χ0v) is 18.4. The molecule has 1 atom stereocenters. The van der Waals surface area contributed by atoms with Crippen LogP contribution in [0.3, 0.4) is 0 Å². The molecule has 164 valence electrons. The van der Waals surface area contributed by atoms with Crippen LogP contribution >= 0.6 is 24.0 Å². The Bertz CT molecular complexity index is 864. The Morgan fingerprint density at radius 2 is 1.83 bits per heavy atom. The average Bonchev–Trinajstić information content (AvgIpc) is 3.06. The first-order valence-corrected chi connectivity index (χ1v) is 9.19. The number of hydrogen-bond acceptors (Lipinski definition) is 4. The fourth-order valence-electron chi connectivity index (χ4n) is 3.19. The highest BCUT2D eigenvalue weighted by atomic mass is 127. The van der Waals surface area contributed by atoms with Gasteiger partial charge >= 0.3 is 6.36 Å². The summed E-state index contributed by atoms with van der Waals surface area (Å²) in [5.74, 6) is -0.402. The van der Waals surface area contributed by atoms with E-state index in [0.717, 1.165) is 24.1 Å². The minimum atomic E-state index is -4.80. The van der Waals surface area contributed by atoms with Gasteiger partial charge in [-0.1, -0.05) is 36.4 Å². The van der Waals surface area contributed by atoms with Gasteiger partial charge in [-0.15, -0.1) is 37.1 Å². The molecular weight excluding hydrogens is 512 g/mol. The predicted octanol–water partition coefficient (Wildman–Crippen LogP) is 3.70. The number of alkyl halides is 3. The summed E-state index contributed by atoms with van der Waals surface area (Å²) in [5, 5.41) is 12.3. The number of anilines is 1. The summed E-state index contributed by atoms with van der Waals surface area (Å²) in [4.78, 5) is 6.42. The third kappa shape index (κ3) is 7.33. The summed E-state index contributed by atoms with van der Waals surface area (Å²) in [6.45, 7) is 2.43. The van der Waals surface area contributed by atoms with E-state index in [-0.39, 0.29) is 54.0 Å². The number of likely N-dealkylation sites (tertiary alicyclic amines) is 1. The highest BCUT2D eigenvalue weighted by Crippen LogP contribution is 2.29. The van der Waals surface area contributed by atoms with E-state index in [1.54, 1.807) is 6.07 Å². The molecule has 0 spiro atoms. The van der Waals surface area contributed by atoms with Gasteiger partial charge in [0.2, 0.25) is 0 Å². The first-order chi connectivity index (χ1) is 13.8. The Morgan fingerprint density at radius 3 is 2.50 bits per heavy atom. The van der Waals surface area contributed by atoms with Crippen LogP contribution in [0.25, 0.3) is 0 Å². The molecule has 3 rings (SSSR count). The van der Waals surface area contributed by atoms with Gasteiger partial charge in [0.05, 0.1) is 18.3 Å². The molecule has 4 N–H and O–H groups in total. The second kappa shape index (κ2) is 10.8. The van der Waals surface area contributed by atoms with E-state index < -0.39 is 6.36 Å². The Kier molecular flexibility index (Phi) is 8.74. The smallest absolute Gasteiger partial charge is 0.404 e. The van der Waals surface area contributed by atoms with E-state index in [0.29, 0.717) is 13.1 Å². The number of nitrogens with zero attached hydrogens (tertiary/aromatic N) is 2. The van der Waals surface area contributed by atoms with Gasteiger partial charge in [0.25, 0.3) is 0 Å². The zero-order valence-electron chi connectivity index (χ0n) is 16.1. The minimum Gasteiger partial charge on any atom is -0.404 e. The second-order valence-electron chi connectivity index (χ2n) is 6.82. The molecule has 0 amide bonds. The highest BCUT2D eigenvalue weighted by Gasteiger charge is 2.32. The lowest BCUT2D eigenvalue weighted by Gasteiger charge is -2.17. The van der Waals surface area contributed by atoms with Gasteiger partial charge in [0.1, 0.15) is 0 Å². The number of para-hydroxylation sites is 2. The number of hydrogen-bond donors (Lipinski definition) is 3. The molecule has 0 aliphatic carbocycles. The van der Waals surface area contributed by atoms with E-state index in [1.807, 2.05) is 24.3 Å². The molecule has 2 aromatic carbocycles. The average molecular weight is 536 g/mol. The van der Waals surface area contributed by atoms with Crippen molar-refractivity contribution in [2.24, 2.45) is 10.7 Å². The van der Waals surface area contributed by atoms with Gasteiger partial charge < -0.3 is 20.9 Å². The van der Waals surface area contributed by atoms with Crippen LogP contribution in [-0.4, -0.2) is 41.5 Å². The van der Waals surface area contributed by atoms with Crippen molar-refractivity contribution in [2.45, 2.75) is 32.0 Å². The topological polar surface area (TPSA) is 83.1 Å². The lowest BCUT2D eigenvalue weighted by molar-refractivity contribution is -0.274. The molecule has 0 saturated carbocycles. The number of nitrogens with two attached hydrogens (primary N) is 1. The van der Waals surface area contributed by atoms with E-state index in [1.165, 1.54) is 18.2 Å². The van der Waals surface area contributed by atoms with Crippen molar-refractivity contribution in [1.29, 1.82) is 0 Å². The lowest BCUT2D eigenvalue weighted by atomic mass is 10.1. The van der Waals surface area contributed by atoms with Crippen LogP contribution in [0.1, 0.15) is 17.5 Å². The number of guanidine groups is 1. The Labute approximate surface area is 189 Å². The van der Waals surface area contributed by atoms with Gasteiger partial charge in [-0.05, 0) is 29.7 Å². The van der Waals surface area contributed by atoms with Crippen molar-refractivity contribution < 1.29 is 23.0 Å². The van der Waals surface area contributed by atoms with Gasteiger partial charge in [0.15, 0.2) is 11.7 Å². The number of β-amino-alcohol motifs (C(OH)–C–C–N with tert-alkyl or cyclic N) is 1. The molecule has 0 bridgehead atoms. The van der Waals surface area contributed by atoms with Crippen LogP contribution in [-0.2, 0) is 13.1 Å². The Morgan fingerprint density at radius 1 is 1.17 bits per heavy atom. The minimum absolute atomic E-state index is 0. The Balaban J connectivity index is 0.00000320. The maximum absolute atomic E-state index is 12.5. The fourth-order valence-corrected chi connectivity index (χ4v) is 3.19. The number of ether oxygens (including phenoxy) is 1. The van der Waals surface area contributed by atoms with Crippen LogP contribution in [0.2, 0.25) is 0 Å². The van der Waals surface area contributed by atoms with E-state index in [2.05, 4.69) is 19.9 Å². The fraction of sp³-hybridized carbons (Fsp3) is 0.350. The molecular formula is C20H24F3IN4O2. The molecule has 1 aliphatic rings.